The number of nitrogens with zero attached hydrogens (tertiary/aromatic N) is 5. The Morgan fingerprint density at radius 1 is 1.07 bits per heavy atom. The summed E-state index contributed by atoms with van der Waals surface area (Å²) in [5.74, 6) is 1.35. The minimum atomic E-state index is 0.437. The lowest BCUT2D eigenvalue weighted by Crippen LogP contribution is -2.02. The number of aryl methyl sites for hydroxylation is 2. The van der Waals surface area contributed by atoms with Gasteiger partial charge in [-0.2, -0.15) is 4.98 Å². The van der Waals surface area contributed by atoms with Crippen molar-refractivity contribution in [3.8, 4) is 11.4 Å². The average Bonchev–Trinajstić information content (AvgIpc) is 3.06. The topological polar surface area (TPSA) is 68.5 Å². The van der Waals surface area contributed by atoms with Crippen molar-refractivity contribution in [2.75, 3.05) is 5.32 Å². The Hall–Kier alpha value is -2.99. The molecule has 0 unspecified atom stereocenters. The zero-order chi connectivity index (χ0) is 18.8. The fourth-order valence-electron chi connectivity index (χ4n) is 3.04. The fraction of sp³-hybridized carbons (Fsp3) is 0.200. The van der Waals surface area contributed by atoms with Crippen molar-refractivity contribution in [3.63, 3.8) is 0 Å². The highest BCUT2D eigenvalue weighted by Crippen LogP contribution is 2.26. The van der Waals surface area contributed by atoms with Crippen molar-refractivity contribution in [1.29, 1.82) is 0 Å². The van der Waals surface area contributed by atoms with Gasteiger partial charge in [0.05, 0.1) is 6.20 Å². The van der Waals surface area contributed by atoms with Crippen LogP contribution in [0.5, 0.6) is 0 Å². The molecule has 0 radical (unpaired) electrons. The highest BCUT2D eigenvalue weighted by molar-refractivity contribution is 6.29. The van der Waals surface area contributed by atoms with Gasteiger partial charge in [-0.25, -0.2) is 15.0 Å². The summed E-state index contributed by atoms with van der Waals surface area (Å²) >= 11 is 6.04. The predicted octanol–water partition coefficient (Wildman–Crippen LogP) is 4.87. The van der Waals surface area contributed by atoms with Crippen LogP contribution in [0, 0.1) is 0 Å². The second kappa shape index (κ2) is 7.32. The molecular formula is C20H19ClN6. The highest BCUT2D eigenvalue weighted by Gasteiger charge is 2.14. The first-order valence-electron chi connectivity index (χ1n) is 8.89. The molecule has 0 fully saturated rings. The Kier molecular flexibility index (Phi) is 4.73. The monoisotopic (exact) mass is 378 g/mol. The molecule has 27 heavy (non-hydrogen) atoms. The van der Waals surface area contributed by atoms with Crippen molar-refractivity contribution in [1.82, 2.24) is 24.5 Å². The van der Waals surface area contributed by atoms with Gasteiger partial charge in [0.1, 0.15) is 16.5 Å². The molecule has 0 aliphatic rings. The van der Waals surface area contributed by atoms with Gasteiger partial charge in [-0.05, 0) is 43.2 Å². The lowest BCUT2D eigenvalue weighted by molar-refractivity contribution is 0.786. The van der Waals surface area contributed by atoms with E-state index in [1.165, 1.54) is 5.56 Å². The van der Waals surface area contributed by atoms with Crippen LogP contribution in [0.15, 0.2) is 48.8 Å². The minimum Gasteiger partial charge on any atom is -0.324 e. The molecule has 3 heterocycles. The van der Waals surface area contributed by atoms with Gasteiger partial charge in [-0.3, -0.25) is 0 Å². The normalized spacial score (nSPS) is 11.1. The van der Waals surface area contributed by atoms with Crippen LogP contribution in [0.25, 0.3) is 22.6 Å². The van der Waals surface area contributed by atoms with Crippen molar-refractivity contribution in [2.24, 2.45) is 0 Å². The quantitative estimate of drug-likeness (QED) is 0.502. The number of rotatable bonds is 5. The number of hydrogen-bond donors (Lipinski definition) is 1. The maximum atomic E-state index is 6.04. The van der Waals surface area contributed by atoms with E-state index in [0.29, 0.717) is 11.1 Å². The standard InChI is InChI=1S/C20H19ClN6/c1-3-13-6-5-7-15(10-13)24-20-23-12-16-19(26-20)27(4-2)18(25-16)14-8-9-22-17(21)11-14/h5-12H,3-4H2,1-2H3,(H,23,24,26). The Morgan fingerprint density at radius 3 is 2.74 bits per heavy atom. The van der Waals surface area contributed by atoms with Crippen LogP contribution in [0.2, 0.25) is 5.15 Å². The van der Waals surface area contributed by atoms with Crippen molar-refractivity contribution in [3.05, 3.63) is 59.5 Å². The van der Waals surface area contributed by atoms with Crippen LogP contribution in [0.4, 0.5) is 11.6 Å². The summed E-state index contributed by atoms with van der Waals surface area (Å²) in [5.41, 5.74) is 4.66. The van der Waals surface area contributed by atoms with Crippen molar-refractivity contribution in [2.45, 2.75) is 26.8 Å². The van der Waals surface area contributed by atoms with Gasteiger partial charge in [0.25, 0.3) is 0 Å². The van der Waals surface area contributed by atoms with Crippen LogP contribution < -0.4 is 5.32 Å². The molecular weight excluding hydrogens is 360 g/mol. The molecule has 1 aromatic carbocycles. The Balaban J connectivity index is 1.75. The molecule has 136 valence electrons. The minimum absolute atomic E-state index is 0.437. The molecule has 0 aliphatic carbocycles. The molecule has 0 saturated heterocycles. The van der Waals surface area contributed by atoms with Gasteiger partial charge in [0.2, 0.25) is 5.95 Å². The van der Waals surface area contributed by atoms with E-state index in [-0.39, 0.29) is 0 Å². The molecule has 6 nitrogen and oxygen atoms in total. The van der Waals surface area contributed by atoms with E-state index in [4.69, 9.17) is 21.6 Å². The molecule has 0 saturated carbocycles. The van der Waals surface area contributed by atoms with Gasteiger partial charge in [0.15, 0.2) is 5.65 Å². The number of benzene rings is 1. The van der Waals surface area contributed by atoms with Gasteiger partial charge >= 0.3 is 0 Å². The molecule has 4 aromatic rings. The molecule has 0 spiro atoms. The van der Waals surface area contributed by atoms with Gasteiger partial charge in [0, 0.05) is 24.0 Å². The van der Waals surface area contributed by atoms with E-state index < -0.39 is 0 Å². The van der Waals surface area contributed by atoms with Crippen LogP contribution in [0.3, 0.4) is 0 Å². The zero-order valence-corrected chi connectivity index (χ0v) is 15.9. The number of pyridine rings is 1. The number of hydrogen-bond acceptors (Lipinski definition) is 5. The number of anilines is 2. The number of fused-ring (bicyclic) bond motifs is 1. The SMILES string of the molecule is CCc1cccc(Nc2ncc3nc(-c4ccnc(Cl)c4)n(CC)c3n2)c1. The zero-order valence-electron chi connectivity index (χ0n) is 15.1. The summed E-state index contributed by atoms with van der Waals surface area (Å²) in [6.07, 6.45) is 4.40. The van der Waals surface area contributed by atoms with E-state index in [2.05, 4.69) is 45.8 Å². The van der Waals surface area contributed by atoms with E-state index >= 15 is 0 Å². The molecule has 7 heteroatoms. The second-order valence-corrected chi connectivity index (χ2v) is 6.52. The molecule has 0 atom stereocenters. The molecule has 0 aliphatic heterocycles. The Bertz CT molecular complexity index is 1100. The third-order valence-electron chi connectivity index (χ3n) is 4.38. The maximum absolute atomic E-state index is 6.04. The third kappa shape index (κ3) is 3.48. The van der Waals surface area contributed by atoms with E-state index in [1.54, 1.807) is 18.5 Å². The van der Waals surface area contributed by atoms with E-state index in [0.717, 1.165) is 41.2 Å². The number of nitrogens with one attached hydrogen (secondary N) is 1. The summed E-state index contributed by atoms with van der Waals surface area (Å²) < 4.78 is 2.05. The number of aromatic nitrogens is 5. The summed E-state index contributed by atoms with van der Waals surface area (Å²) in [4.78, 5) is 17.9. The fourth-order valence-corrected chi connectivity index (χ4v) is 3.21. The van der Waals surface area contributed by atoms with Crippen LogP contribution >= 0.6 is 11.6 Å². The van der Waals surface area contributed by atoms with Crippen molar-refractivity contribution < 1.29 is 0 Å². The summed E-state index contributed by atoms with van der Waals surface area (Å²) in [7, 11) is 0. The van der Waals surface area contributed by atoms with Crippen LogP contribution in [-0.2, 0) is 13.0 Å². The first-order valence-corrected chi connectivity index (χ1v) is 9.27. The molecule has 0 bridgehead atoms. The van der Waals surface area contributed by atoms with Crippen molar-refractivity contribution >= 4 is 34.4 Å². The average molecular weight is 379 g/mol. The summed E-state index contributed by atoms with van der Waals surface area (Å²) in [5, 5.41) is 3.72. The predicted molar refractivity (Wildman–Crippen MR) is 108 cm³/mol. The first-order chi connectivity index (χ1) is 13.2. The Labute approximate surface area is 162 Å². The highest BCUT2D eigenvalue weighted by atomic mass is 35.5. The summed E-state index contributed by atoms with van der Waals surface area (Å²) in [6.45, 7) is 4.93. The molecule has 0 amide bonds. The lowest BCUT2D eigenvalue weighted by atomic mass is 10.1. The number of imidazole rings is 1. The third-order valence-corrected chi connectivity index (χ3v) is 4.59. The van der Waals surface area contributed by atoms with Gasteiger partial charge < -0.3 is 9.88 Å². The smallest absolute Gasteiger partial charge is 0.229 e. The van der Waals surface area contributed by atoms with E-state index in [1.807, 2.05) is 18.2 Å². The molecule has 3 aromatic heterocycles. The van der Waals surface area contributed by atoms with Gasteiger partial charge in [-0.15, -0.1) is 0 Å². The van der Waals surface area contributed by atoms with Crippen LogP contribution in [-0.4, -0.2) is 24.5 Å². The maximum Gasteiger partial charge on any atom is 0.229 e. The first kappa shape index (κ1) is 17.4. The lowest BCUT2D eigenvalue weighted by Gasteiger charge is -2.08. The largest absolute Gasteiger partial charge is 0.324 e. The van der Waals surface area contributed by atoms with Crippen LogP contribution in [0.1, 0.15) is 19.4 Å². The summed E-state index contributed by atoms with van der Waals surface area (Å²) in [6, 6.07) is 11.9. The second-order valence-electron chi connectivity index (χ2n) is 6.13. The molecule has 4 rings (SSSR count). The Morgan fingerprint density at radius 2 is 1.96 bits per heavy atom. The van der Waals surface area contributed by atoms with Gasteiger partial charge in [-0.1, -0.05) is 30.7 Å². The van der Waals surface area contributed by atoms with E-state index in [9.17, 15) is 0 Å². The number of halogens is 1. The molecule has 1 N–H and O–H groups in total.